The number of benzene rings is 1. The maximum atomic E-state index is 7.40. The Morgan fingerprint density at radius 1 is 1.39 bits per heavy atom. The quantitative estimate of drug-likeness (QED) is 0.795. The molecule has 0 radical (unpaired) electrons. The van der Waals surface area contributed by atoms with Gasteiger partial charge in [-0.1, -0.05) is 31.4 Å². The topological polar surface area (TPSA) is 41.7 Å². The summed E-state index contributed by atoms with van der Waals surface area (Å²) in [6.07, 6.45) is 9.59. The number of nitrogens with zero attached hydrogens (tertiary/aromatic N) is 2. The van der Waals surface area contributed by atoms with Crippen LogP contribution in [-0.4, -0.2) is 15.8 Å². The lowest BCUT2D eigenvalue weighted by molar-refractivity contribution is 0.254. The van der Waals surface area contributed by atoms with Crippen LogP contribution in [0.4, 0.5) is 0 Å². The summed E-state index contributed by atoms with van der Waals surface area (Å²) >= 11 is 0. The summed E-state index contributed by atoms with van der Waals surface area (Å²) in [6, 6.07) is 8.67. The molecule has 1 fully saturated rings. The van der Waals surface area contributed by atoms with Gasteiger partial charge in [0, 0.05) is 12.5 Å². The standard InChI is InChI=1S/C15H19N3/c16-9-8-13(10-12-4-3-5-12)18-11-17-14-6-1-2-7-15(14)18/h1-2,6-7,9,11-13,16H,3-5,8,10H2. The first-order valence-corrected chi connectivity index (χ1v) is 6.79. The highest BCUT2D eigenvalue weighted by Crippen LogP contribution is 2.35. The van der Waals surface area contributed by atoms with E-state index in [0.29, 0.717) is 6.04 Å². The summed E-state index contributed by atoms with van der Waals surface area (Å²) in [4.78, 5) is 4.46. The van der Waals surface area contributed by atoms with E-state index in [1.165, 1.54) is 37.4 Å². The molecule has 1 aromatic heterocycles. The van der Waals surface area contributed by atoms with Crippen molar-refractivity contribution in [3.05, 3.63) is 30.6 Å². The van der Waals surface area contributed by atoms with Crippen molar-refractivity contribution in [1.82, 2.24) is 9.55 Å². The first kappa shape index (κ1) is 11.5. The normalized spacial score (nSPS) is 17.6. The molecule has 1 atom stereocenters. The Bertz CT molecular complexity index is 539. The van der Waals surface area contributed by atoms with Crippen LogP contribution in [0.1, 0.15) is 38.1 Å². The number of rotatable bonds is 5. The van der Waals surface area contributed by atoms with Crippen LogP contribution in [0, 0.1) is 11.3 Å². The maximum Gasteiger partial charge on any atom is 0.0961 e. The highest BCUT2D eigenvalue weighted by molar-refractivity contribution is 5.75. The van der Waals surface area contributed by atoms with E-state index >= 15 is 0 Å². The van der Waals surface area contributed by atoms with Gasteiger partial charge in [-0.3, -0.25) is 0 Å². The molecule has 0 spiro atoms. The molecule has 1 unspecified atom stereocenters. The monoisotopic (exact) mass is 241 g/mol. The molecule has 1 N–H and O–H groups in total. The summed E-state index contributed by atoms with van der Waals surface area (Å²) in [7, 11) is 0. The molecule has 2 aromatic rings. The molecule has 94 valence electrons. The lowest BCUT2D eigenvalue weighted by atomic mass is 9.80. The second-order valence-electron chi connectivity index (χ2n) is 5.27. The van der Waals surface area contributed by atoms with Gasteiger partial charge in [0.15, 0.2) is 0 Å². The lowest BCUT2D eigenvalue weighted by Crippen LogP contribution is -2.18. The van der Waals surface area contributed by atoms with Crippen LogP contribution in [-0.2, 0) is 0 Å². The van der Waals surface area contributed by atoms with Crippen LogP contribution < -0.4 is 0 Å². The minimum absolute atomic E-state index is 0.403. The fourth-order valence-corrected chi connectivity index (χ4v) is 2.84. The van der Waals surface area contributed by atoms with E-state index in [1.54, 1.807) is 0 Å². The van der Waals surface area contributed by atoms with Crippen LogP contribution in [0.15, 0.2) is 30.6 Å². The molecule has 0 aliphatic heterocycles. The number of hydrogen-bond donors (Lipinski definition) is 1. The summed E-state index contributed by atoms with van der Waals surface area (Å²) in [5, 5.41) is 7.40. The first-order chi connectivity index (χ1) is 8.88. The molecule has 0 saturated heterocycles. The van der Waals surface area contributed by atoms with Crippen LogP contribution in [0.5, 0.6) is 0 Å². The molecule has 0 amide bonds. The van der Waals surface area contributed by atoms with Gasteiger partial charge in [-0.25, -0.2) is 4.98 Å². The minimum atomic E-state index is 0.403. The van der Waals surface area contributed by atoms with Gasteiger partial charge in [-0.15, -0.1) is 0 Å². The van der Waals surface area contributed by atoms with Gasteiger partial charge in [0.05, 0.1) is 17.4 Å². The number of aromatic nitrogens is 2. The molecule has 18 heavy (non-hydrogen) atoms. The van der Waals surface area contributed by atoms with Crippen LogP contribution in [0.3, 0.4) is 0 Å². The van der Waals surface area contributed by atoms with Gasteiger partial charge in [0.25, 0.3) is 0 Å². The summed E-state index contributed by atoms with van der Waals surface area (Å²) in [6.45, 7) is 0. The SMILES string of the molecule is N=CCC(CC1CCC1)n1cnc2ccccc21. The average Bonchev–Trinajstić information content (AvgIpc) is 2.76. The molecule has 3 rings (SSSR count). The van der Waals surface area contributed by atoms with Crippen molar-refractivity contribution in [3.63, 3.8) is 0 Å². The Morgan fingerprint density at radius 2 is 2.22 bits per heavy atom. The van der Waals surface area contributed by atoms with Gasteiger partial charge in [0.2, 0.25) is 0 Å². The minimum Gasteiger partial charge on any atom is -0.327 e. The number of fused-ring (bicyclic) bond motifs is 1. The van der Waals surface area contributed by atoms with Crippen LogP contribution in [0.25, 0.3) is 11.0 Å². The van der Waals surface area contributed by atoms with Crippen molar-refractivity contribution in [2.24, 2.45) is 5.92 Å². The van der Waals surface area contributed by atoms with Crippen molar-refractivity contribution < 1.29 is 0 Å². The number of hydrogen-bond acceptors (Lipinski definition) is 2. The zero-order chi connectivity index (χ0) is 12.4. The maximum absolute atomic E-state index is 7.40. The Balaban J connectivity index is 1.90. The van der Waals surface area contributed by atoms with Crippen molar-refractivity contribution in [2.75, 3.05) is 0 Å². The third-order valence-corrected chi connectivity index (χ3v) is 4.09. The van der Waals surface area contributed by atoms with E-state index in [0.717, 1.165) is 17.9 Å². The Labute approximate surface area is 107 Å². The molecule has 3 nitrogen and oxygen atoms in total. The molecular formula is C15H19N3. The van der Waals surface area contributed by atoms with Crippen molar-refractivity contribution in [1.29, 1.82) is 5.41 Å². The zero-order valence-electron chi connectivity index (χ0n) is 10.5. The lowest BCUT2D eigenvalue weighted by Gasteiger charge is -2.30. The number of para-hydroxylation sites is 2. The fourth-order valence-electron chi connectivity index (χ4n) is 2.84. The third-order valence-electron chi connectivity index (χ3n) is 4.09. The van der Waals surface area contributed by atoms with Gasteiger partial charge in [-0.05, 0) is 30.7 Å². The predicted octanol–water partition coefficient (Wildman–Crippen LogP) is 3.81. The van der Waals surface area contributed by atoms with Gasteiger partial charge >= 0.3 is 0 Å². The molecule has 1 aromatic carbocycles. The highest BCUT2D eigenvalue weighted by atomic mass is 15.1. The van der Waals surface area contributed by atoms with Crippen molar-refractivity contribution in [2.45, 2.75) is 38.1 Å². The van der Waals surface area contributed by atoms with E-state index < -0.39 is 0 Å². The summed E-state index contributed by atoms with van der Waals surface area (Å²) < 4.78 is 2.26. The van der Waals surface area contributed by atoms with Gasteiger partial charge < -0.3 is 9.98 Å². The second-order valence-corrected chi connectivity index (χ2v) is 5.27. The third kappa shape index (κ3) is 2.05. The van der Waals surface area contributed by atoms with E-state index in [9.17, 15) is 0 Å². The van der Waals surface area contributed by atoms with E-state index in [-0.39, 0.29) is 0 Å². The van der Waals surface area contributed by atoms with E-state index in [2.05, 4.69) is 27.8 Å². The zero-order valence-corrected chi connectivity index (χ0v) is 10.5. The largest absolute Gasteiger partial charge is 0.327 e. The Kier molecular flexibility index (Phi) is 3.13. The molecule has 0 bridgehead atoms. The second kappa shape index (κ2) is 4.92. The first-order valence-electron chi connectivity index (χ1n) is 6.79. The Hall–Kier alpha value is -1.64. The number of imidazole rings is 1. The Morgan fingerprint density at radius 3 is 2.94 bits per heavy atom. The van der Waals surface area contributed by atoms with Crippen LogP contribution >= 0.6 is 0 Å². The molecule has 3 heteroatoms. The number of nitrogens with one attached hydrogen (secondary N) is 1. The van der Waals surface area contributed by atoms with Crippen LogP contribution in [0.2, 0.25) is 0 Å². The molecule has 1 aliphatic carbocycles. The molecular weight excluding hydrogens is 222 g/mol. The summed E-state index contributed by atoms with van der Waals surface area (Å²) in [5.74, 6) is 0.858. The molecule has 1 saturated carbocycles. The highest BCUT2D eigenvalue weighted by Gasteiger charge is 2.23. The van der Waals surface area contributed by atoms with Gasteiger partial charge in [0.1, 0.15) is 0 Å². The average molecular weight is 241 g/mol. The van der Waals surface area contributed by atoms with Crippen molar-refractivity contribution in [3.8, 4) is 0 Å². The smallest absolute Gasteiger partial charge is 0.0961 e. The van der Waals surface area contributed by atoms with Crippen molar-refractivity contribution >= 4 is 17.2 Å². The van der Waals surface area contributed by atoms with E-state index in [4.69, 9.17) is 5.41 Å². The fraction of sp³-hybridized carbons (Fsp3) is 0.467. The predicted molar refractivity (Wildman–Crippen MR) is 74.1 cm³/mol. The molecule has 1 aliphatic rings. The summed E-state index contributed by atoms with van der Waals surface area (Å²) in [5.41, 5.74) is 2.25. The van der Waals surface area contributed by atoms with Gasteiger partial charge in [-0.2, -0.15) is 0 Å². The van der Waals surface area contributed by atoms with E-state index in [1.807, 2.05) is 12.4 Å². The molecule has 1 heterocycles.